The third kappa shape index (κ3) is 4.72. The molecular weight excluding hydrogens is 392 g/mol. The van der Waals surface area contributed by atoms with Crippen LogP contribution in [0.1, 0.15) is 12.5 Å². The molecule has 26 heavy (non-hydrogen) atoms. The zero-order valence-electron chi connectivity index (χ0n) is 15.0. The number of benzene rings is 2. The smallest absolute Gasteiger partial charge is 0.248 e. The molecule has 1 atom stereocenters. The number of carbonyl (C=O) groups excluding carboxylic acids is 1. The Hall–Kier alpha value is -1.70. The summed E-state index contributed by atoms with van der Waals surface area (Å²) in [5, 5.41) is 3.22. The van der Waals surface area contributed by atoms with Crippen molar-refractivity contribution in [2.75, 3.05) is 22.1 Å². The van der Waals surface area contributed by atoms with E-state index in [1.165, 1.54) is 11.8 Å². The van der Waals surface area contributed by atoms with Crippen molar-refractivity contribution in [2.45, 2.75) is 24.8 Å². The third-order valence-corrected chi connectivity index (χ3v) is 6.12. The normalized spacial score (nSPS) is 12.5. The van der Waals surface area contributed by atoms with Crippen molar-refractivity contribution in [3.63, 3.8) is 0 Å². The number of sulfonamides is 1. The number of nitrogens with zero attached hydrogens (tertiary/aromatic N) is 1. The van der Waals surface area contributed by atoms with E-state index in [1.54, 1.807) is 38.1 Å². The van der Waals surface area contributed by atoms with Gasteiger partial charge in [-0.15, -0.1) is 11.8 Å². The van der Waals surface area contributed by atoms with Crippen LogP contribution in [0.3, 0.4) is 0 Å². The molecule has 0 spiro atoms. The fourth-order valence-corrected chi connectivity index (χ4v) is 4.53. The molecule has 5 nitrogen and oxygen atoms in total. The van der Waals surface area contributed by atoms with Crippen LogP contribution in [-0.2, 0) is 14.8 Å². The summed E-state index contributed by atoms with van der Waals surface area (Å²) < 4.78 is 25.9. The van der Waals surface area contributed by atoms with Gasteiger partial charge in [0.15, 0.2) is 0 Å². The maximum absolute atomic E-state index is 12.8. The van der Waals surface area contributed by atoms with E-state index in [9.17, 15) is 13.2 Å². The lowest BCUT2D eigenvalue weighted by Gasteiger charge is -2.29. The molecule has 0 fully saturated rings. The Morgan fingerprint density at radius 2 is 1.88 bits per heavy atom. The van der Waals surface area contributed by atoms with Gasteiger partial charge in [0.1, 0.15) is 6.04 Å². The molecule has 0 unspecified atom stereocenters. The van der Waals surface area contributed by atoms with Gasteiger partial charge < -0.3 is 5.32 Å². The molecule has 0 aliphatic carbocycles. The van der Waals surface area contributed by atoms with Gasteiger partial charge in [-0.05, 0) is 49.9 Å². The Labute approximate surface area is 163 Å². The summed E-state index contributed by atoms with van der Waals surface area (Å²) >= 11 is 7.54. The van der Waals surface area contributed by atoms with E-state index < -0.39 is 22.0 Å². The predicted octanol–water partition coefficient (Wildman–Crippen LogP) is 4.16. The second-order valence-corrected chi connectivity index (χ2v) is 9.00. The largest absolute Gasteiger partial charge is 0.323 e. The summed E-state index contributed by atoms with van der Waals surface area (Å²) in [6.45, 7) is 3.33. The molecule has 1 amide bonds. The van der Waals surface area contributed by atoms with E-state index in [2.05, 4.69) is 5.32 Å². The van der Waals surface area contributed by atoms with E-state index in [1.807, 2.05) is 24.5 Å². The number of rotatable bonds is 6. The Balaban J connectivity index is 2.40. The van der Waals surface area contributed by atoms with Crippen molar-refractivity contribution >= 4 is 50.7 Å². The average molecular weight is 413 g/mol. The molecule has 0 aliphatic heterocycles. The van der Waals surface area contributed by atoms with Crippen LogP contribution >= 0.6 is 23.4 Å². The van der Waals surface area contributed by atoms with E-state index >= 15 is 0 Å². The second-order valence-electron chi connectivity index (χ2n) is 5.86. The Kier molecular flexibility index (Phi) is 6.60. The summed E-state index contributed by atoms with van der Waals surface area (Å²) in [4.78, 5) is 13.7. The van der Waals surface area contributed by atoms with Crippen molar-refractivity contribution in [1.82, 2.24) is 0 Å². The number of carbonyl (C=O) groups is 1. The van der Waals surface area contributed by atoms with Gasteiger partial charge in [0.25, 0.3) is 0 Å². The van der Waals surface area contributed by atoms with E-state index in [0.29, 0.717) is 22.0 Å². The van der Waals surface area contributed by atoms with Crippen LogP contribution < -0.4 is 9.62 Å². The van der Waals surface area contributed by atoms with Crippen LogP contribution in [0, 0.1) is 6.92 Å². The first-order chi connectivity index (χ1) is 12.1. The number of nitrogens with one attached hydrogen (secondary N) is 1. The van der Waals surface area contributed by atoms with Gasteiger partial charge in [0.05, 0.1) is 17.6 Å². The summed E-state index contributed by atoms with van der Waals surface area (Å²) in [5.74, 6) is -0.420. The zero-order valence-corrected chi connectivity index (χ0v) is 17.4. The minimum absolute atomic E-state index is 0.390. The van der Waals surface area contributed by atoms with E-state index in [4.69, 9.17) is 11.6 Å². The van der Waals surface area contributed by atoms with E-state index in [-0.39, 0.29) is 0 Å². The molecule has 2 aromatic carbocycles. The van der Waals surface area contributed by atoms with E-state index in [0.717, 1.165) is 15.5 Å². The van der Waals surface area contributed by atoms with Crippen LogP contribution in [0.4, 0.5) is 11.4 Å². The maximum Gasteiger partial charge on any atom is 0.248 e. The van der Waals surface area contributed by atoms with Gasteiger partial charge in [-0.2, -0.15) is 0 Å². The number of para-hydroxylation sites is 1. The van der Waals surface area contributed by atoms with Crippen LogP contribution in [0.5, 0.6) is 0 Å². The van der Waals surface area contributed by atoms with Gasteiger partial charge in [-0.25, -0.2) is 8.42 Å². The molecule has 1 N–H and O–H groups in total. The van der Waals surface area contributed by atoms with Gasteiger partial charge in [-0.1, -0.05) is 29.8 Å². The minimum atomic E-state index is -3.70. The van der Waals surface area contributed by atoms with Crippen molar-refractivity contribution in [2.24, 2.45) is 0 Å². The fraction of sp³-hybridized carbons (Fsp3) is 0.278. The fourth-order valence-electron chi connectivity index (χ4n) is 2.59. The number of thioether (sulfide) groups is 1. The van der Waals surface area contributed by atoms with Gasteiger partial charge >= 0.3 is 0 Å². The third-order valence-electron chi connectivity index (χ3n) is 3.86. The van der Waals surface area contributed by atoms with Crippen molar-refractivity contribution in [3.8, 4) is 0 Å². The summed E-state index contributed by atoms with van der Waals surface area (Å²) in [6.07, 6.45) is 2.99. The highest BCUT2D eigenvalue weighted by molar-refractivity contribution is 7.98. The Morgan fingerprint density at radius 1 is 1.23 bits per heavy atom. The molecule has 0 aromatic heterocycles. The highest BCUT2D eigenvalue weighted by atomic mass is 35.5. The highest BCUT2D eigenvalue weighted by Gasteiger charge is 2.30. The first kappa shape index (κ1) is 20.6. The van der Waals surface area contributed by atoms with Crippen molar-refractivity contribution in [3.05, 3.63) is 53.1 Å². The van der Waals surface area contributed by atoms with Crippen molar-refractivity contribution < 1.29 is 13.2 Å². The summed E-state index contributed by atoms with van der Waals surface area (Å²) in [5.41, 5.74) is 1.75. The molecule has 140 valence electrons. The standard InChI is InChI=1S/C18H21ClN2O3S2/c1-12-9-10-14(19)11-16(12)21(26(4,23)24)13(2)18(22)20-15-7-5-6-8-17(15)25-3/h5-11,13H,1-4H3,(H,20,22)/t13-/m1/s1. The number of hydrogen-bond acceptors (Lipinski definition) is 4. The summed E-state index contributed by atoms with van der Waals surface area (Å²) in [6, 6.07) is 11.4. The Morgan fingerprint density at radius 3 is 2.50 bits per heavy atom. The average Bonchev–Trinajstić information content (AvgIpc) is 2.57. The quantitative estimate of drug-likeness (QED) is 0.723. The molecule has 0 bridgehead atoms. The lowest BCUT2D eigenvalue weighted by Crippen LogP contribution is -2.45. The monoisotopic (exact) mass is 412 g/mol. The first-order valence-electron chi connectivity index (χ1n) is 7.84. The maximum atomic E-state index is 12.8. The lowest BCUT2D eigenvalue weighted by molar-refractivity contribution is -0.116. The minimum Gasteiger partial charge on any atom is -0.323 e. The number of anilines is 2. The lowest BCUT2D eigenvalue weighted by atomic mass is 10.1. The molecule has 0 aliphatic rings. The topological polar surface area (TPSA) is 66.5 Å². The Bertz CT molecular complexity index is 916. The molecule has 0 radical (unpaired) electrons. The van der Waals surface area contributed by atoms with Crippen LogP contribution in [0.2, 0.25) is 5.02 Å². The number of halogens is 1. The molecule has 0 heterocycles. The molecule has 8 heteroatoms. The second kappa shape index (κ2) is 8.33. The number of aryl methyl sites for hydroxylation is 1. The summed E-state index contributed by atoms with van der Waals surface area (Å²) in [7, 11) is -3.70. The molecule has 2 rings (SSSR count). The van der Waals surface area contributed by atoms with Gasteiger partial charge in [0.2, 0.25) is 15.9 Å². The van der Waals surface area contributed by atoms with Gasteiger partial charge in [0, 0.05) is 9.92 Å². The predicted molar refractivity (Wildman–Crippen MR) is 110 cm³/mol. The molecule has 0 saturated heterocycles. The number of hydrogen-bond donors (Lipinski definition) is 1. The molecule has 0 saturated carbocycles. The SMILES string of the molecule is CSc1ccccc1NC(=O)[C@@H](C)N(c1cc(Cl)ccc1C)S(C)(=O)=O. The number of amides is 1. The first-order valence-corrected chi connectivity index (χ1v) is 11.3. The van der Waals surface area contributed by atoms with Crippen LogP contribution in [0.15, 0.2) is 47.4 Å². The van der Waals surface area contributed by atoms with Crippen LogP contribution in [-0.4, -0.2) is 32.9 Å². The molecular formula is C18H21ClN2O3S2. The molecule has 2 aromatic rings. The van der Waals surface area contributed by atoms with Crippen LogP contribution in [0.25, 0.3) is 0 Å². The van der Waals surface area contributed by atoms with Gasteiger partial charge in [-0.3, -0.25) is 9.10 Å². The zero-order chi connectivity index (χ0) is 19.5. The highest BCUT2D eigenvalue weighted by Crippen LogP contribution is 2.29. The van der Waals surface area contributed by atoms with Crippen molar-refractivity contribution in [1.29, 1.82) is 0 Å².